The van der Waals surface area contributed by atoms with E-state index in [1.165, 1.54) is 11.3 Å². The third-order valence-electron chi connectivity index (χ3n) is 4.35. The Hall–Kier alpha value is -3.12. The third kappa shape index (κ3) is 3.44. The van der Waals surface area contributed by atoms with Crippen LogP contribution in [0.15, 0.2) is 60.0 Å². The Kier molecular flexibility index (Phi) is 4.64. The number of carbonyl (C=O) groups excluding carboxylic acids is 2. The van der Waals surface area contributed by atoms with E-state index in [2.05, 4.69) is 0 Å². The number of hydrogen-bond donors (Lipinski definition) is 0. The van der Waals surface area contributed by atoms with E-state index in [4.69, 9.17) is 9.47 Å². The van der Waals surface area contributed by atoms with Crippen molar-refractivity contribution in [1.29, 1.82) is 0 Å². The standard InChI is InChI=1S/C21H17NO4S/c1-22(12-14-8-9-17-18(11-14)26-13-25-17)21(24)16-6-3-2-5-15(16)20(23)19-7-4-10-27-19/h2-11H,12-13H2,1H3. The molecule has 0 saturated carbocycles. The molecule has 0 aliphatic carbocycles. The van der Waals surface area contributed by atoms with Crippen LogP contribution in [0.4, 0.5) is 0 Å². The number of rotatable bonds is 5. The zero-order valence-corrected chi connectivity index (χ0v) is 15.5. The molecular weight excluding hydrogens is 362 g/mol. The quantitative estimate of drug-likeness (QED) is 0.629. The van der Waals surface area contributed by atoms with E-state index in [9.17, 15) is 9.59 Å². The molecule has 1 amide bonds. The molecule has 1 aliphatic rings. The summed E-state index contributed by atoms with van der Waals surface area (Å²) in [6.45, 7) is 0.614. The van der Waals surface area contributed by atoms with Crippen molar-refractivity contribution in [2.24, 2.45) is 0 Å². The van der Waals surface area contributed by atoms with E-state index in [0.29, 0.717) is 34.0 Å². The predicted molar refractivity (Wildman–Crippen MR) is 103 cm³/mol. The number of benzene rings is 2. The van der Waals surface area contributed by atoms with Gasteiger partial charge in [-0.3, -0.25) is 9.59 Å². The number of carbonyl (C=O) groups is 2. The largest absolute Gasteiger partial charge is 0.454 e. The summed E-state index contributed by atoms with van der Waals surface area (Å²) in [7, 11) is 1.72. The number of fused-ring (bicyclic) bond motifs is 1. The van der Waals surface area contributed by atoms with Gasteiger partial charge in [-0.1, -0.05) is 30.3 Å². The van der Waals surface area contributed by atoms with E-state index in [-0.39, 0.29) is 18.5 Å². The minimum Gasteiger partial charge on any atom is -0.454 e. The highest BCUT2D eigenvalue weighted by molar-refractivity contribution is 7.12. The van der Waals surface area contributed by atoms with Crippen LogP contribution in [0.3, 0.4) is 0 Å². The average molecular weight is 379 g/mol. The fourth-order valence-electron chi connectivity index (χ4n) is 3.00. The molecule has 0 N–H and O–H groups in total. The summed E-state index contributed by atoms with van der Waals surface area (Å²) in [5, 5.41) is 1.85. The summed E-state index contributed by atoms with van der Waals surface area (Å²) in [4.78, 5) is 28.0. The van der Waals surface area contributed by atoms with Crippen molar-refractivity contribution in [3.8, 4) is 11.5 Å². The molecule has 3 aromatic rings. The van der Waals surface area contributed by atoms with Crippen LogP contribution in [0.25, 0.3) is 0 Å². The fraction of sp³-hybridized carbons (Fsp3) is 0.143. The SMILES string of the molecule is CN(Cc1ccc2c(c1)OCO2)C(=O)c1ccccc1C(=O)c1cccs1. The zero-order valence-electron chi connectivity index (χ0n) is 14.7. The van der Waals surface area contributed by atoms with Gasteiger partial charge in [-0.15, -0.1) is 11.3 Å². The van der Waals surface area contributed by atoms with Crippen molar-refractivity contribution in [2.45, 2.75) is 6.54 Å². The highest BCUT2D eigenvalue weighted by Crippen LogP contribution is 2.32. The van der Waals surface area contributed by atoms with Crippen molar-refractivity contribution in [3.63, 3.8) is 0 Å². The van der Waals surface area contributed by atoms with Gasteiger partial charge in [-0.05, 0) is 35.2 Å². The molecule has 0 saturated heterocycles. The molecule has 5 nitrogen and oxygen atoms in total. The van der Waals surface area contributed by atoms with Crippen LogP contribution in [-0.2, 0) is 6.54 Å². The summed E-state index contributed by atoms with van der Waals surface area (Å²) >= 11 is 1.37. The first-order valence-electron chi connectivity index (χ1n) is 8.45. The van der Waals surface area contributed by atoms with Crippen molar-refractivity contribution < 1.29 is 19.1 Å². The summed E-state index contributed by atoms with van der Waals surface area (Å²) in [5.74, 6) is 1.06. The number of hydrogen-bond acceptors (Lipinski definition) is 5. The first kappa shape index (κ1) is 17.3. The van der Waals surface area contributed by atoms with Gasteiger partial charge >= 0.3 is 0 Å². The van der Waals surface area contributed by atoms with Crippen molar-refractivity contribution >= 4 is 23.0 Å². The van der Waals surface area contributed by atoms with Crippen LogP contribution in [-0.4, -0.2) is 30.4 Å². The van der Waals surface area contributed by atoms with Crippen LogP contribution < -0.4 is 9.47 Å². The molecule has 0 spiro atoms. The molecule has 27 heavy (non-hydrogen) atoms. The third-order valence-corrected chi connectivity index (χ3v) is 5.22. The Morgan fingerprint density at radius 2 is 1.78 bits per heavy atom. The zero-order chi connectivity index (χ0) is 18.8. The molecule has 2 aromatic carbocycles. The molecule has 1 aromatic heterocycles. The van der Waals surface area contributed by atoms with Gasteiger partial charge in [0.15, 0.2) is 11.5 Å². The highest BCUT2D eigenvalue weighted by atomic mass is 32.1. The lowest BCUT2D eigenvalue weighted by atomic mass is 10.0. The minimum atomic E-state index is -0.201. The van der Waals surface area contributed by atoms with Gasteiger partial charge in [0.2, 0.25) is 12.6 Å². The Labute approximate surface area is 160 Å². The van der Waals surface area contributed by atoms with Gasteiger partial charge in [0.1, 0.15) is 0 Å². The van der Waals surface area contributed by atoms with E-state index in [0.717, 1.165) is 5.56 Å². The van der Waals surface area contributed by atoms with Crippen LogP contribution in [0.2, 0.25) is 0 Å². The maximum atomic E-state index is 13.0. The maximum absolute atomic E-state index is 13.0. The molecule has 2 heterocycles. The average Bonchev–Trinajstić information content (AvgIpc) is 3.38. The highest BCUT2D eigenvalue weighted by Gasteiger charge is 2.22. The van der Waals surface area contributed by atoms with Gasteiger partial charge in [-0.2, -0.15) is 0 Å². The van der Waals surface area contributed by atoms with Crippen molar-refractivity contribution in [1.82, 2.24) is 4.90 Å². The molecule has 0 fully saturated rings. The molecule has 6 heteroatoms. The minimum absolute atomic E-state index is 0.134. The predicted octanol–water partition coefficient (Wildman–Crippen LogP) is 3.98. The van der Waals surface area contributed by atoms with Crippen LogP contribution in [0, 0.1) is 0 Å². The second-order valence-corrected chi connectivity index (χ2v) is 7.15. The number of thiophene rings is 1. The Balaban J connectivity index is 1.56. The van der Waals surface area contributed by atoms with Crippen molar-refractivity contribution in [3.05, 3.63) is 81.5 Å². The molecule has 136 valence electrons. The molecule has 0 unspecified atom stereocenters. The van der Waals surface area contributed by atoms with Crippen LogP contribution in [0.5, 0.6) is 11.5 Å². The van der Waals surface area contributed by atoms with E-state index in [1.807, 2.05) is 29.6 Å². The van der Waals surface area contributed by atoms with Crippen molar-refractivity contribution in [2.75, 3.05) is 13.8 Å². The van der Waals surface area contributed by atoms with E-state index < -0.39 is 0 Å². The fourth-order valence-corrected chi connectivity index (χ4v) is 3.68. The lowest BCUT2D eigenvalue weighted by Gasteiger charge is -2.19. The number of ether oxygens (including phenoxy) is 2. The summed E-state index contributed by atoms with van der Waals surface area (Å²) in [5.41, 5.74) is 1.75. The second-order valence-electron chi connectivity index (χ2n) is 6.20. The number of ketones is 1. The second kappa shape index (κ2) is 7.25. The Bertz CT molecular complexity index is 997. The monoisotopic (exact) mass is 379 g/mol. The van der Waals surface area contributed by atoms with Gasteiger partial charge in [0.05, 0.1) is 10.4 Å². The van der Waals surface area contributed by atoms with Gasteiger partial charge in [-0.25, -0.2) is 0 Å². The Morgan fingerprint density at radius 3 is 2.56 bits per heavy atom. The molecule has 1 aliphatic heterocycles. The van der Waals surface area contributed by atoms with E-state index in [1.54, 1.807) is 42.3 Å². The topological polar surface area (TPSA) is 55.8 Å². The smallest absolute Gasteiger partial charge is 0.254 e. The molecule has 0 bridgehead atoms. The number of amides is 1. The maximum Gasteiger partial charge on any atom is 0.254 e. The van der Waals surface area contributed by atoms with Gasteiger partial charge in [0, 0.05) is 19.2 Å². The van der Waals surface area contributed by atoms with E-state index >= 15 is 0 Å². The first-order chi connectivity index (χ1) is 13.1. The molecular formula is C21H17NO4S. The lowest BCUT2D eigenvalue weighted by molar-refractivity contribution is 0.0780. The van der Waals surface area contributed by atoms with Crippen LogP contribution in [0.1, 0.15) is 31.2 Å². The normalized spacial score (nSPS) is 12.0. The Morgan fingerprint density at radius 1 is 1.00 bits per heavy atom. The number of nitrogens with zero attached hydrogens (tertiary/aromatic N) is 1. The van der Waals surface area contributed by atoms with Gasteiger partial charge in [0.25, 0.3) is 5.91 Å². The van der Waals surface area contributed by atoms with Crippen LogP contribution >= 0.6 is 11.3 Å². The van der Waals surface area contributed by atoms with Gasteiger partial charge < -0.3 is 14.4 Å². The summed E-state index contributed by atoms with van der Waals surface area (Å²) < 4.78 is 10.7. The molecule has 0 radical (unpaired) electrons. The molecule has 0 atom stereocenters. The molecule has 4 rings (SSSR count). The lowest BCUT2D eigenvalue weighted by Crippen LogP contribution is -2.27. The summed E-state index contributed by atoms with van der Waals surface area (Å²) in [6, 6.07) is 16.1. The summed E-state index contributed by atoms with van der Waals surface area (Å²) in [6.07, 6.45) is 0. The first-order valence-corrected chi connectivity index (χ1v) is 9.32.